The molecule has 0 aliphatic rings. The third-order valence-corrected chi connectivity index (χ3v) is 5.82. The van der Waals surface area contributed by atoms with Gasteiger partial charge < -0.3 is 9.88 Å². The van der Waals surface area contributed by atoms with Crippen LogP contribution in [0.25, 0.3) is 11.4 Å². The van der Waals surface area contributed by atoms with Gasteiger partial charge in [-0.25, -0.2) is 0 Å². The van der Waals surface area contributed by atoms with Crippen LogP contribution in [-0.2, 0) is 18.9 Å². The Morgan fingerprint density at radius 3 is 2.56 bits per heavy atom. The Kier molecular flexibility index (Phi) is 5.57. The van der Waals surface area contributed by atoms with Gasteiger partial charge in [0.15, 0.2) is 11.0 Å². The highest BCUT2D eigenvalue weighted by atomic mass is 35.5. The number of amides is 1. The number of halogens is 1. The summed E-state index contributed by atoms with van der Waals surface area (Å²) in [6.07, 6.45) is 0. The molecule has 1 aromatic carbocycles. The Labute approximate surface area is 167 Å². The minimum atomic E-state index is -0.356. The Balaban J connectivity index is 1.76. The summed E-state index contributed by atoms with van der Waals surface area (Å²) in [6, 6.07) is 7.47. The van der Waals surface area contributed by atoms with Crippen LogP contribution in [0.15, 0.2) is 29.4 Å². The van der Waals surface area contributed by atoms with Gasteiger partial charge in [-0.3, -0.25) is 9.48 Å². The van der Waals surface area contributed by atoms with Gasteiger partial charge in [0.1, 0.15) is 0 Å². The van der Waals surface area contributed by atoms with Gasteiger partial charge in [-0.2, -0.15) is 5.10 Å². The van der Waals surface area contributed by atoms with Crippen molar-refractivity contribution in [3.05, 3.63) is 40.7 Å². The van der Waals surface area contributed by atoms with E-state index in [0.717, 1.165) is 22.6 Å². The minimum Gasteiger partial charge on any atom is -0.322 e. The molecule has 3 rings (SSSR count). The molecule has 9 heteroatoms. The summed E-state index contributed by atoms with van der Waals surface area (Å²) < 4.78 is 3.59. The number of hydrogen-bond donors (Lipinski definition) is 1. The lowest BCUT2D eigenvalue weighted by molar-refractivity contribution is -0.115. The summed E-state index contributed by atoms with van der Waals surface area (Å²) in [5, 5.41) is 16.6. The number of thioether (sulfide) groups is 1. The highest BCUT2D eigenvalue weighted by Crippen LogP contribution is 2.30. The van der Waals surface area contributed by atoms with Crippen molar-refractivity contribution in [1.29, 1.82) is 0 Å². The van der Waals surface area contributed by atoms with Crippen molar-refractivity contribution in [2.24, 2.45) is 14.1 Å². The van der Waals surface area contributed by atoms with Gasteiger partial charge in [0.2, 0.25) is 5.91 Å². The Morgan fingerprint density at radius 1 is 1.22 bits per heavy atom. The van der Waals surface area contributed by atoms with Crippen molar-refractivity contribution in [1.82, 2.24) is 24.5 Å². The van der Waals surface area contributed by atoms with E-state index in [1.807, 2.05) is 63.7 Å². The molecule has 0 saturated carbocycles. The van der Waals surface area contributed by atoms with Crippen molar-refractivity contribution >= 4 is 35.0 Å². The number of benzene rings is 1. The molecule has 7 nitrogen and oxygen atoms in total. The molecule has 0 aliphatic carbocycles. The largest absolute Gasteiger partial charge is 0.322 e. The normalized spacial score (nSPS) is 12.2. The molecule has 0 spiro atoms. The second-order valence-electron chi connectivity index (χ2n) is 6.26. The highest BCUT2D eigenvalue weighted by molar-refractivity contribution is 8.00. The van der Waals surface area contributed by atoms with Gasteiger partial charge in [-0.05, 0) is 32.9 Å². The number of carbonyl (C=O) groups is 1. The molecule has 2 heterocycles. The zero-order valence-electron chi connectivity index (χ0n) is 15.8. The van der Waals surface area contributed by atoms with Gasteiger partial charge in [-0.15, -0.1) is 10.2 Å². The molecule has 0 aliphatic heterocycles. The fourth-order valence-corrected chi connectivity index (χ4v) is 3.72. The average Bonchev–Trinajstić information content (AvgIpc) is 3.10. The molecule has 142 valence electrons. The van der Waals surface area contributed by atoms with E-state index in [0.29, 0.717) is 16.0 Å². The Morgan fingerprint density at radius 2 is 1.93 bits per heavy atom. The topological polar surface area (TPSA) is 77.6 Å². The molecule has 3 aromatic rings. The lowest BCUT2D eigenvalue weighted by Gasteiger charge is -2.12. The van der Waals surface area contributed by atoms with Crippen LogP contribution < -0.4 is 5.32 Å². The first kappa shape index (κ1) is 19.4. The van der Waals surface area contributed by atoms with Gasteiger partial charge in [-0.1, -0.05) is 35.5 Å². The molecule has 2 aromatic heterocycles. The average molecular weight is 405 g/mol. The van der Waals surface area contributed by atoms with Crippen molar-refractivity contribution in [2.75, 3.05) is 5.32 Å². The summed E-state index contributed by atoms with van der Waals surface area (Å²) in [5.74, 6) is 0.552. The summed E-state index contributed by atoms with van der Waals surface area (Å²) in [7, 11) is 3.72. The standard InChI is InChI=1S/C18H21ClN6OS/c1-10-15(11(2)25(5)23-10)20-17(26)12(3)27-18-22-21-16(24(18)4)13-8-6-7-9-14(13)19/h6-9,12H,1-5H3,(H,20,26)/t12-/m0/s1. The Bertz CT molecular complexity index is 996. The lowest BCUT2D eigenvalue weighted by Crippen LogP contribution is -2.23. The molecule has 1 amide bonds. The van der Waals surface area contributed by atoms with Crippen LogP contribution in [0.5, 0.6) is 0 Å². The number of rotatable bonds is 5. The molecule has 27 heavy (non-hydrogen) atoms. The predicted octanol–water partition coefficient (Wildman–Crippen LogP) is 3.61. The number of aromatic nitrogens is 5. The van der Waals surface area contributed by atoms with Crippen LogP contribution in [0.4, 0.5) is 5.69 Å². The Hall–Kier alpha value is -2.32. The van der Waals surface area contributed by atoms with Crippen LogP contribution in [0.2, 0.25) is 5.02 Å². The van der Waals surface area contributed by atoms with Crippen LogP contribution in [0.3, 0.4) is 0 Å². The molecule has 1 atom stereocenters. The minimum absolute atomic E-state index is 0.110. The fraction of sp³-hybridized carbons (Fsp3) is 0.333. The van der Waals surface area contributed by atoms with Crippen molar-refractivity contribution in [3.63, 3.8) is 0 Å². The molecular formula is C18H21ClN6OS. The fourth-order valence-electron chi connectivity index (χ4n) is 2.69. The maximum Gasteiger partial charge on any atom is 0.237 e. The van der Waals surface area contributed by atoms with Gasteiger partial charge in [0.05, 0.1) is 27.3 Å². The summed E-state index contributed by atoms with van der Waals surface area (Å²) in [4.78, 5) is 12.6. The molecular weight excluding hydrogens is 384 g/mol. The van der Waals surface area contributed by atoms with E-state index in [-0.39, 0.29) is 11.2 Å². The number of hydrogen-bond acceptors (Lipinski definition) is 5. The van der Waals surface area contributed by atoms with Crippen molar-refractivity contribution < 1.29 is 4.79 Å². The number of nitrogens with one attached hydrogen (secondary N) is 1. The van der Waals surface area contributed by atoms with Crippen LogP contribution in [-0.4, -0.2) is 35.7 Å². The lowest BCUT2D eigenvalue weighted by atomic mass is 10.2. The van der Waals surface area contributed by atoms with E-state index in [2.05, 4.69) is 20.6 Å². The highest BCUT2D eigenvalue weighted by Gasteiger charge is 2.22. The van der Waals surface area contributed by atoms with Crippen LogP contribution >= 0.6 is 23.4 Å². The molecule has 1 N–H and O–H groups in total. The first-order valence-electron chi connectivity index (χ1n) is 8.41. The monoisotopic (exact) mass is 404 g/mol. The third-order valence-electron chi connectivity index (χ3n) is 4.36. The quantitative estimate of drug-likeness (QED) is 0.657. The molecule has 0 radical (unpaired) electrons. The van der Waals surface area contributed by atoms with Gasteiger partial charge >= 0.3 is 0 Å². The maximum atomic E-state index is 12.6. The summed E-state index contributed by atoms with van der Waals surface area (Å²) in [5.41, 5.74) is 3.27. The zero-order chi connectivity index (χ0) is 19.7. The SMILES string of the molecule is Cc1nn(C)c(C)c1NC(=O)[C@H](C)Sc1nnc(-c2ccccc2Cl)n1C. The molecule has 0 bridgehead atoms. The summed E-state index contributed by atoms with van der Waals surface area (Å²) >= 11 is 7.60. The van der Waals surface area contributed by atoms with Crippen molar-refractivity contribution in [3.8, 4) is 11.4 Å². The second kappa shape index (κ2) is 7.74. The van der Waals surface area contributed by atoms with E-state index in [4.69, 9.17) is 11.6 Å². The van der Waals surface area contributed by atoms with Crippen molar-refractivity contribution in [2.45, 2.75) is 31.2 Å². The number of carbonyl (C=O) groups excluding carboxylic acids is 1. The smallest absolute Gasteiger partial charge is 0.237 e. The van der Waals surface area contributed by atoms with E-state index >= 15 is 0 Å². The second-order valence-corrected chi connectivity index (χ2v) is 7.98. The first-order chi connectivity index (χ1) is 12.8. The number of nitrogens with zero attached hydrogens (tertiary/aromatic N) is 5. The van der Waals surface area contributed by atoms with Gasteiger partial charge in [0.25, 0.3) is 0 Å². The predicted molar refractivity (Wildman–Crippen MR) is 108 cm³/mol. The third kappa shape index (κ3) is 3.86. The van der Waals surface area contributed by atoms with Crippen LogP contribution in [0.1, 0.15) is 18.3 Å². The maximum absolute atomic E-state index is 12.6. The van der Waals surface area contributed by atoms with Gasteiger partial charge in [0, 0.05) is 19.7 Å². The molecule has 0 unspecified atom stereocenters. The van der Waals surface area contributed by atoms with E-state index < -0.39 is 0 Å². The first-order valence-corrected chi connectivity index (χ1v) is 9.67. The van der Waals surface area contributed by atoms with E-state index in [9.17, 15) is 4.79 Å². The summed E-state index contributed by atoms with van der Waals surface area (Å²) in [6.45, 7) is 5.63. The van der Waals surface area contributed by atoms with E-state index in [1.54, 1.807) is 4.68 Å². The number of anilines is 1. The van der Waals surface area contributed by atoms with Crippen LogP contribution in [0, 0.1) is 13.8 Å². The number of aryl methyl sites for hydroxylation is 2. The zero-order valence-corrected chi connectivity index (χ0v) is 17.4. The molecule has 0 fully saturated rings. The molecule has 0 saturated heterocycles. The van der Waals surface area contributed by atoms with E-state index in [1.165, 1.54) is 11.8 Å².